The molecular weight excluding hydrogens is 408 g/mol. The summed E-state index contributed by atoms with van der Waals surface area (Å²) < 4.78 is 5.48. The van der Waals surface area contributed by atoms with Gasteiger partial charge in [0.25, 0.3) is 0 Å². The number of pyridine rings is 1. The third-order valence-electron chi connectivity index (χ3n) is 5.35. The summed E-state index contributed by atoms with van der Waals surface area (Å²) in [6.07, 6.45) is 4.05. The number of benzene rings is 1. The van der Waals surface area contributed by atoms with Gasteiger partial charge in [-0.2, -0.15) is 0 Å². The Labute approximate surface area is 189 Å². The smallest absolute Gasteiger partial charge is 0.410 e. The van der Waals surface area contributed by atoms with Gasteiger partial charge in [0.05, 0.1) is 24.5 Å². The van der Waals surface area contributed by atoms with Crippen molar-refractivity contribution in [3.63, 3.8) is 0 Å². The number of carbonyl (C=O) groups is 2. The molecule has 8 nitrogen and oxygen atoms in total. The first-order valence-electron chi connectivity index (χ1n) is 10.9. The predicted octanol–water partition coefficient (Wildman–Crippen LogP) is 4.05. The number of ether oxygens (including phenoxy) is 1. The maximum atomic E-state index is 13.4. The maximum Gasteiger partial charge on any atom is 0.410 e. The molecule has 0 saturated carbocycles. The van der Waals surface area contributed by atoms with Gasteiger partial charge in [0.2, 0.25) is 0 Å². The molecule has 2 aromatic rings. The van der Waals surface area contributed by atoms with Crippen LogP contribution < -0.4 is 5.32 Å². The Morgan fingerprint density at radius 3 is 2.44 bits per heavy atom. The summed E-state index contributed by atoms with van der Waals surface area (Å²) in [6.45, 7) is 6.26. The number of anilines is 1. The first-order chi connectivity index (χ1) is 15.3. The molecule has 0 radical (unpaired) electrons. The topological polar surface area (TPSA) is 95.0 Å². The number of piperidine rings is 1. The highest BCUT2D eigenvalue weighted by atomic mass is 16.6. The number of urea groups is 1. The number of hydrogen-bond donors (Lipinski definition) is 2. The average molecular weight is 441 g/mol. The summed E-state index contributed by atoms with van der Waals surface area (Å²) in [4.78, 5) is 33.2. The van der Waals surface area contributed by atoms with Crippen LogP contribution in [0, 0.1) is 0 Å². The number of aromatic nitrogens is 1. The summed E-state index contributed by atoms with van der Waals surface area (Å²) in [6, 6.07) is 12.0. The van der Waals surface area contributed by atoms with Crippen molar-refractivity contribution in [2.24, 2.45) is 0 Å². The molecule has 172 valence electrons. The van der Waals surface area contributed by atoms with Crippen molar-refractivity contribution in [2.45, 2.75) is 51.3 Å². The molecule has 1 aliphatic rings. The van der Waals surface area contributed by atoms with Crippen LogP contribution in [0.1, 0.15) is 45.2 Å². The molecule has 8 heteroatoms. The minimum atomic E-state index is -0.557. The summed E-state index contributed by atoms with van der Waals surface area (Å²) >= 11 is 0. The quantitative estimate of drug-likeness (QED) is 0.731. The van der Waals surface area contributed by atoms with E-state index in [4.69, 9.17) is 4.74 Å². The Kier molecular flexibility index (Phi) is 7.69. The van der Waals surface area contributed by atoms with Crippen molar-refractivity contribution in [1.82, 2.24) is 14.8 Å². The third-order valence-corrected chi connectivity index (χ3v) is 5.35. The molecular formula is C24H32N4O4. The van der Waals surface area contributed by atoms with Crippen LogP contribution in [-0.4, -0.2) is 63.4 Å². The van der Waals surface area contributed by atoms with Gasteiger partial charge >= 0.3 is 12.1 Å². The van der Waals surface area contributed by atoms with Crippen LogP contribution in [-0.2, 0) is 4.74 Å². The van der Waals surface area contributed by atoms with E-state index in [1.807, 2.05) is 51.1 Å². The molecule has 1 aromatic carbocycles. The van der Waals surface area contributed by atoms with E-state index in [-0.39, 0.29) is 24.8 Å². The lowest BCUT2D eigenvalue weighted by Gasteiger charge is -2.42. The number of rotatable bonds is 5. The lowest BCUT2D eigenvalue weighted by molar-refractivity contribution is 0.0131. The molecule has 1 aromatic heterocycles. The fourth-order valence-electron chi connectivity index (χ4n) is 3.87. The van der Waals surface area contributed by atoms with Crippen LogP contribution in [0.2, 0.25) is 0 Å². The molecule has 0 spiro atoms. The van der Waals surface area contributed by atoms with Gasteiger partial charge in [-0.3, -0.25) is 4.98 Å². The molecule has 3 amide bonds. The summed E-state index contributed by atoms with van der Waals surface area (Å²) in [5, 5.41) is 13.1. The lowest BCUT2D eigenvalue weighted by Crippen LogP contribution is -2.52. The van der Waals surface area contributed by atoms with E-state index in [1.165, 1.54) is 0 Å². The second-order valence-electron chi connectivity index (χ2n) is 8.89. The van der Waals surface area contributed by atoms with Gasteiger partial charge in [-0.25, -0.2) is 9.59 Å². The van der Waals surface area contributed by atoms with Crippen molar-refractivity contribution >= 4 is 17.8 Å². The van der Waals surface area contributed by atoms with Crippen LogP contribution in [0.3, 0.4) is 0 Å². The number of amides is 3. The monoisotopic (exact) mass is 440 g/mol. The van der Waals surface area contributed by atoms with E-state index in [0.717, 1.165) is 5.56 Å². The van der Waals surface area contributed by atoms with Crippen LogP contribution in [0.25, 0.3) is 0 Å². The highest BCUT2D eigenvalue weighted by molar-refractivity contribution is 5.89. The number of hydrogen-bond acceptors (Lipinski definition) is 5. The third kappa shape index (κ3) is 6.20. The normalized spacial score (nSPS) is 15.7. The summed E-state index contributed by atoms with van der Waals surface area (Å²) in [7, 11) is 0. The molecule has 0 bridgehead atoms. The van der Waals surface area contributed by atoms with Gasteiger partial charge < -0.3 is 25.0 Å². The molecule has 32 heavy (non-hydrogen) atoms. The highest BCUT2D eigenvalue weighted by Crippen LogP contribution is 2.29. The zero-order chi connectivity index (χ0) is 23.1. The van der Waals surface area contributed by atoms with Gasteiger partial charge in [-0.1, -0.05) is 30.3 Å². The number of nitrogens with one attached hydrogen (secondary N) is 1. The molecule has 2 heterocycles. The zero-order valence-corrected chi connectivity index (χ0v) is 18.9. The van der Waals surface area contributed by atoms with E-state index >= 15 is 0 Å². The van der Waals surface area contributed by atoms with Crippen LogP contribution in [0.5, 0.6) is 0 Å². The maximum absolute atomic E-state index is 13.4. The SMILES string of the molecule is CC(C)(C)OC(=O)N1CCC(N(C(=O)Nc2cccnc2)[C@@H](CO)c2ccccc2)CC1. The minimum Gasteiger partial charge on any atom is -0.444 e. The Morgan fingerprint density at radius 2 is 1.88 bits per heavy atom. The van der Waals surface area contributed by atoms with Gasteiger partial charge in [-0.05, 0) is 51.3 Å². The van der Waals surface area contributed by atoms with E-state index in [2.05, 4.69) is 10.3 Å². The van der Waals surface area contributed by atoms with Crippen molar-refractivity contribution in [2.75, 3.05) is 25.0 Å². The second-order valence-corrected chi connectivity index (χ2v) is 8.89. The van der Waals surface area contributed by atoms with Gasteiger partial charge in [0.15, 0.2) is 0 Å². The number of likely N-dealkylation sites (tertiary alicyclic amines) is 1. The molecule has 1 atom stereocenters. The van der Waals surface area contributed by atoms with Crippen LogP contribution in [0.4, 0.5) is 15.3 Å². The molecule has 2 N–H and O–H groups in total. The molecule has 3 rings (SSSR count). The van der Waals surface area contributed by atoms with Gasteiger partial charge in [0.1, 0.15) is 5.60 Å². The number of nitrogens with zero attached hydrogens (tertiary/aromatic N) is 3. The van der Waals surface area contributed by atoms with Gasteiger partial charge in [-0.15, -0.1) is 0 Å². The van der Waals surface area contributed by atoms with Crippen molar-refractivity contribution in [1.29, 1.82) is 0 Å². The van der Waals surface area contributed by atoms with Crippen molar-refractivity contribution in [3.05, 3.63) is 60.4 Å². The largest absolute Gasteiger partial charge is 0.444 e. The van der Waals surface area contributed by atoms with Crippen LogP contribution in [0.15, 0.2) is 54.9 Å². The van der Waals surface area contributed by atoms with E-state index < -0.39 is 11.6 Å². The predicted molar refractivity (Wildman–Crippen MR) is 122 cm³/mol. The number of carbonyl (C=O) groups excluding carboxylic acids is 2. The highest BCUT2D eigenvalue weighted by Gasteiger charge is 2.35. The standard InChI is InChI=1S/C24H32N4O4/c1-24(2,3)32-23(31)27-14-11-20(12-15-27)28(21(17-29)18-8-5-4-6-9-18)22(30)26-19-10-7-13-25-16-19/h4-10,13,16,20-21,29H,11-12,14-15,17H2,1-3H3,(H,26,30)/t21-/m0/s1. The Morgan fingerprint density at radius 1 is 1.19 bits per heavy atom. The van der Waals surface area contributed by atoms with Gasteiger partial charge in [0, 0.05) is 25.3 Å². The Bertz CT molecular complexity index is 878. The minimum absolute atomic E-state index is 0.150. The van der Waals surface area contributed by atoms with Crippen molar-refractivity contribution in [3.8, 4) is 0 Å². The van der Waals surface area contributed by atoms with Crippen molar-refractivity contribution < 1.29 is 19.4 Å². The molecule has 1 fully saturated rings. The van der Waals surface area contributed by atoms with E-state index in [1.54, 1.807) is 34.3 Å². The average Bonchev–Trinajstić information content (AvgIpc) is 2.77. The second kappa shape index (κ2) is 10.5. The Hall–Kier alpha value is -3.13. The van der Waals surface area contributed by atoms with Crippen LogP contribution >= 0.6 is 0 Å². The first-order valence-corrected chi connectivity index (χ1v) is 10.9. The summed E-state index contributed by atoms with van der Waals surface area (Å²) in [5.41, 5.74) is 0.878. The van der Waals surface area contributed by atoms with E-state index in [9.17, 15) is 14.7 Å². The number of aliphatic hydroxyl groups is 1. The lowest BCUT2D eigenvalue weighted by atomic mass is 9.98. The molecule has 1 aliphatic heterocycles. The fourth-order valence-corrected chi connectivity index (χ4v) is 3.87. The molecule has 1 saturated heterocycles. The summed E-state index contributed by atoms with van der Waals surface area (Å²) in [5.74, 6) is 0. The number of aliphatic hydroxyl groups excluding tert-OH is 1. The molecule has 0 aliphatic carbocycles. The molecule has 0 unspecified atom stereocenters. The first kappa shape index (κ1) is 23.5. The Balaban J connectivity index is 1.78. The fraction of sp³-hybridized carbons (Fsp3) is 0.458. The zero-order valence-electron chi connectivity index (χ0n) is 18.9. The van der Waals surface area contributed by atoms with E-state index in [0.29, 0.717) is 31.6 Å².